The third-order valence-electron chi connectivity index (χ3n) is 4.21. The molecule has 10 heteroatoms. The summed E-state index contributed by atoms with van der Waals surface area (Å²) < 4.78 is 20.9. The van der Waals surface area contributed by atoms with E-state index in [0.29, 0.717) is 0 Å². The number of hydrogen-bond acceptors (Lipinski definition) is 10. The minimum atomic E-state index is -1.61. The minimum Gasteiger partial charge on any atom is -0.394 e. The summed E-state index contributed by atoms with van der Waals surface area (Å²) in [5.41, 5.74) is 0. The third-order valence-corrected chi connectivity index (χ3v) is 4.21. The molecule has 3 aliphatic rings. The Morgan fingerprint density at radius 3 is 2.27 bits per heavy atom. The lowest BCUT2D eigenvalue weighted by atomic mass is 9.98. The molecule has 0 aliphatic carbocycles. The fraction of sp³-hybridized carbons (Fsp3) is 1.00. The summed E-state index contributed by atoms with van der Waals surface area (Å²) in [6.07, 6.45) is -12.6. The SMILES string of the molecule is OC[C@H]1O[C@@H](O[C@@H]2[C@@H](O)[C@@H]3OC[C@H](O3)[C@H]2O)[C@H](O)[C@@H](O)[C@@H]1O. The second-order valence-corrected chi connectivity index (χ2v) is 5.66. The van der Waals surface area contributed by atoms with Crippen LogP contribution in [0.15, 0.2) is 0 Å². The normalized spacial score (nSPS) is 55.4. The number of ether oxygens (including phenoxy) is 4. The summed E-state index contributed by atoms with van der Waals surface area (Å²) in [6, 6.07) is 0. The van der Waals surface area contributed by atoms with Crippen molar-refractivity contribution in [3.63, 3.8) is 0 Å². The maximum Gasteiger partial charge on any atom is 0.187 e. The Morgan fingerprint density at radius 1 is 0.864 bits per heavy atom. The fourth-order valence-electron chi connectivity index (χ4n) is 2.86. The molecule has 22 heavy (non-hydrogen) atoms. The maximum absolute atomic E-state index is 10.1. The van der Waals surface area contributed by atoms with E-state index in [1.54, 1.807) is 0 Å². The van der Waals surface area contributed by atoms with Crippen LogP contribution in [0.2, 0.25) is 0 Å². The molecular formula is C12H20O10. The van der Waals surface area contributed by atoms with Gasteiger partial charge in [-0.2, -0.15) is 0 Å². The van der Waals surface area contributed by atoms with Crippen LogP contribution in [0, 0.1) is 0 Å². The Labute approximate surface area is 125 Å². The highest BCUT2D eigenvalue weighted by molar-refractivity contribution is 4.96. The summed E-state index contributed by atoms with van der Waals surface area (Å²) in [4.78, 5) is 0. The van der Waals surface area contributed by atoms with Gasteiger partial charge < -0.3 is 49.6 Å². The molecule has 0 aromatic rings. The van der Waals surface area contributed by atoms with Crippen LogP contribution in [0.5, 0.6) is 0 Å². The van der Waals surface area contributed by atoms with Gasteiger partial charge in [0.25, 0.3) is 0 Å². The molecule has 3 fully saturated rings. The Morgan fingerprint density at radius 2 is 1.59 bits per heavy atom. The predicted molar refractivity (Wildman–Crippen MR) is 65.3 cm³/mol. The molecule has 3 heterocycles. The van der Waals surface area contributed by atoms with E-state index in [2.05, 4.69) is 0 Å². The van der Waals surface area contributed by atoms with Crippen molar-refractivity contribution in [1.82, 2.24) is 0 Å². The fourth-order valence-corrected chi connectivity index (χ4v) is 2.86. The number of hydrogen-bond donors (Lipinski definition) is 6. The van der Waals surface area contributed by atoms with Gasteiger partial charge in [0.05, 0.1) is 13.2 Å². The zero-order valence-corrected chi connectivity index (χ0v) is 11.5. The van der Waals surface area contributed by atoms with E-state index in [-0.39, 0.29) is 6.61 Å². The van der Waals surface area contributed by atoms with E-state index in [1.165, 1.54) is 0 Å². The van der Waals surface area contributed by atoms with Gasteiger partial charge in [-0.1, -0.05) is 0 Å². The van der Waals surface area contributed by atoms with Gasteiger partial charge in [0, 0.05) is 0 Å². The van der Waals surface area contributed by atoms with Crippen molar-refractivity contribution in [1.29, 1.82) is 0 Å². The van der Waals surface area contributed by atoms with Crippen LogP contribution in [-0.4, -0.2) is 105 Å². The van der Waals surface area contributed by atoms with Crippen LogP contribution in [0.4, 0.5) is 0 Å². The average molecular weight is 324 g/mol. The predicted octanol–water partition coefficient (Wildman–Crippen LogP) is -4.35. The first-order valence-electron chi connectivity index (χ1n) is 7.03. The van der Waals surface area contributed by atoms with Crippen molar-refractivity contribution < 1.29 is 49.6 Å². The van der Waals surface area contributed by atoms with E-state index in [0.717, 1.165) is 0 Å². The van der Waals surface area contributed by atoms with E-state index >= 15 is 0 Å². The van der Waals surface area contributed by atoms with E-state index in [4.69, 9.17) is 24.1 Å². The average Bonchev–Trinajstić information content (AvgIpc) is 2.96. The van der Waals surface area contributed by atoms with Gasteiger partial charge >= 0.3 is 0 Å². The number of aliphatic hydroxyl groups excluding tert-OH is 6. The first kappa shape index (κ1) is 16.5. The molecule has 10 atom stereocenters. The van der Waals surface area contributed by atoms with E-state index < -0.39 is 68.0 Å². The van der Waals surface area contributed by atoms with Crippen molar-refractivity contribution >= 4 is 0 Å². The highest BCUT2D eigenvalue weighted by Crippen LogP contribution is 2.32. The molecule has 3 aliphatic heterocycles. The monoisotopic (exact) mass is 324 g/mol. The molecule has 3 rings (SSSR count). The molecule has 6 N–H and O–H groups in total. The zero-order chi connectivity index (χ0) is 16.0. The van der Waals surface area contributed by atoms with Gasteiger partial charge in [-0.05, 0) is 0 Å². The van der Waals surface area contributed by atoms with Crippen LogP contribution in [0.1, 0.15) is 0 Å². The van der Waals surface area contributed by atoms with E-state index in [1.807, 2.05) is 0 Å². The first-order chi connectivity index (χ1) is 10.4. The molecule has 2 bridgehead atoms. The lowest BCUT2D eigenvalue weighted by Crippen LogP contribution is -2.63. The van der Waals surface area contributed by atoms with Crippen LogP contribution in [0.25, 0.3) is 0 Å². The minimum absolute atomic E-state index is 0.0947. The van der Waals surface area contributed by atoms with Gasteiger partial charge in [0.1, 0.15) is 48.8 Å². The van der Waals surface area contributed by atoms with E-state index in [9.17, 15) is 25.5 Å². The molecule has 0 aromatic carbocycles. The van der Waals surface area contributed by atoms with Gasteiger partial charge in [0.2, 0.25) is 0 Å². The van der Waals surface area contributed by atoms with Crippen molar-refractivity contribution in [2.45, 2.75) is 61.4 Å². The second-order valence-electron chi connectivity index (χ2n) is 5.66. The molecule has 0 unspecified atom stereocenters. The summed E-state index contributed by atoms with van der Waals surface area (Å²) in [5, 5.41) is 58.6. The molecule has 0 saturated carbocycles. The molecular weight excluding hydrogens is 304 g/mol. The van der Waals surface area contributed by atoms with Gasteiger partial charge in [0.15, 0.2) is 12.6 Å². The van der Waals surface area contributed by atoms with Crippen molar-refractivity contribution in [2.24, 2.45) is 0 Å². The molecule has 10 nitrogen and oxygen atoms in total. The lowest BCUT2D eigenvalue weighted by Gasteiger charge is -2.43. The zero-order valence-electron chi connectivity index (χ0n) is 11.5. The smallest absolute Gasteiger partial charge is 0.187 e. The van der Waals surface area contributed by atoms with Crippen LogP contribution in [-0.2, 0) is 18.9 Å². The van der Waals surface area contributed by atoms with Gasteiger partial charge in [-0.15, -0.1) is 0 Å². The largest absolute Gasteiger partial charge is 0.394 e. The Bertz CT molecular complexity index is 376. The van der Waals surface area contributed by atoms with Crippen molar-refractivity contribution in [2.75, 3.05) is 13.2 Å². The highest BCUT2D eigenvalue weighted by Gasteiger charge is 2.53. The quantitative estimate of drug-likeness (QED) is 0.299. The Hall–Kier alpha value is -0.400. The molecule has 0 spiro atoms. The molecule has 128 valence electrons. The Balaban J connectivity index is 1.71. The highest BCUT2D eigenvalue weighted by atomic mass is 16.8. The number of aliphatic hydroxyl groups is 6. The van der Waals surface area contributed by atoms with Crippen LogP contribution < -0.4 is 0 Å². The lowest BCUT2D eigenvalue weighted by molar-refractivity contribution is -0.341. The van der Waals surface area contributed by atoms with Crippen molar-refractivity contribution in [3.05, 3.63) is 0 Å². The molecule has 0 radical (unpaired) electrons. The molecule has 3 saturated heterocycles. The number of rotatable bonds is 3. The summed E-state index contributed by atoms with van der Waals surface area (Å²) in [6.45, 7) is -0.504. The van der Waals surface area contributed by atoms with Crippen LogP contribution >= 0.6 is 0 Å². The molecule has 0 amide bonds. The molecule has 0 aromatic heterocycles. The Kier molecular flexibility index (Phi) is 4.67. The van der Waals surface area contributed by atoms with Crippen LogP contribution in [0.3, 0.4) is 0 Å². The number of fused-ring (bicyclic) bond motifs is 2. The first-order valence-corrected chi connectivity index (χ1v) is 7.03. The van der Waals surface area contributed by atoms with Crippen molar-refractivity contribution in [3.8, 4) is 0 Å². The summed E-state index contributed by atoms with van der Waals surface area (Å²) in [7, 11) is 0. The second kappa shape index (κ2) is 6.24. The van der Waals surface area contributed by atoms with Gasteiger partial charge in [-0.25, -0.2) is 0 Å². The topological polar surface area (TPSA) is 158 Å². The maximum atomic E-state index is 10.1. The third kappa shape index (κ3) is 2.65. The van der Waals surface area contributed by atoms with Gasteiger partial charge in [-0.3, -0.25) is 0 Å². The summed E-state index contributed by atoms with van der Waals surface area (Å²) in [5.74, 6) is 0. The standard InChI is InChI=1S/C12H20O10/c13-1-3-5(14)7(16)8(17)12(20-3)22-10-6(15)4-2-19-11(21-4)9(10)18/h3-18H,1-2H2/t3-,4+,5-,6-,7+,8-,9-,10+,11-,12+/m1/s1. The summed E-state index contributed by atoms with van der Waals surface area (Å²) >= 11 is 0.